The van der Waals surface area contributed by atoms with Crippen molar-refractivity contribution in [3.63, 3.8) is 0 Å². The van der Waals surface area contributed by atoms with Crippen molar-refractivity contribution in [2.45, 2.75) is 6.92 Å². The number of nitrogens with zero attached hydrogens (tertiary/aromatic N) is 4. The first kappa shape index (κ1) is 19.2. The van der Waals surface area contributed by atoms with Gasteiger partial charge >= 0.3 is 5.95 Å². The molecule has 0 amide bonds. The fourth-order valence-corrected chi connectivity index (χ4v) is 2.98. The Morgan fingerprint density at radius 3 is 2.50 bits per heavy atom. The first-order valence-electron chi connectivity index (χ1n) is 8.96. The van der Waals surface area contributed by atoms with E-state index in [1.54, 1.807) is 31.2 Å². The summed E-state index contributed by atoms with van der Waals surface area (Å²) in [5, 5.41) is 14.5. The normalized spacial score (nSPS) is 11.3. The van der Waals surface area contributed by atoms with Crippen LogP contribution < -0.4 is 15.0 Å². The predicted octanol–water partition coefficient (Wildman–Crippen LogP) is 2.96. The van der Waals surface area contributed by atoms with Gasteiger partial charge in [-0.1, -0.05) is 18.2 Å². The molecule has 0 spiro atoms. The zero-order valence-corrected chi connectivity index (χ0v) is 16.5. The van der Waals surface area contributed by atoms with Crippen molar-refractivity contribution in [1.82, 2.24) is 14.6 Å². The summed E-state index contributed by atoms with van der Waals surface area (Å²) in [7, 11) is 3.00. The minimum absolute atomic E-state index is 0.0903. The fourth-order valence-electron chi connectivity index (χ4n) is 2.98. The maximum absolute atomic E-state index is 13.0. The molecule has 1 N–H and O–H groups in total. The minimum atomic E-state index is -0.402. The molecule has 2 aromatic carbocycles. The Morgan fingerprint density at radius 1 is 1.10 bits per heavy atom. The van der Waals surface area contributed by atoms with E-state index in [2.05, 4.69) is 15.1 Å². The van der Waals surface area contributed by atoms with Gasteiger partial charge in [-0.25, -0.2) is 9.97 Å². The van der Waals surface area contributed by atoms with Crippen LogP contribution >= 0.6 is 0 Å². The Bertz CT molecular complexity index is 1310. The molecule has 0 fully saturated rings. The van der Waals surface area contributed by atoms with Crippen LogP contribution in [-0.2, 0) is 0 Å². The maximum atomic E-state index is 13.0. The average Bonchev–Trinajstić information content (AvgIpc) is 3.14. The highest BCUT2D eigenvalue weighted by atomic mass is 16.5. The lowest BCUT2D eigenvalue weighted by molar-refractivity contribution is 0.337. The topological polar surface area (TPSA) is 112 Å². The minimum Gasteiger partial charge on any atom is -0.493 e. The summed E-state index contributed by atoms with van der Waals surface area (Å²) in [5.74, 6) is 1.07. The summed E-state index contributed by atoms with van der Waals surface area (Å²) in [6.45, 7) is 1.65. The Kier molecular flexibility index (Phi) is 4.93. The molecule has 0 bridgehead atoms. The van der Waals surface area contributed by atoms with Crippen molar-refractivity contribution in [2.75, 3.05) is 14.2 Å². The highest BCUT2D eigenvalue weighted by Gasteiger charge is 2.15. The molecule has 0 atom stereocenters. The highest BCUT2D eigenvalue weighted by molar-refractivity contribution is 5.83. The van der Waals surface area contributed by atoms with Crippen LogP contribution in [0.4, 0.5) is 0 Å². The molecule has 0 unspecified atom stereocenters. The van der Waals surface area contributed by atoms with Gasteiger partial charge in [-0.15, -0.1) is 0 Å². The molecule has 0 radical (unpaired) electrons. The van der Waals surface area contributed by atoms with Crippen molar-refractivity contribution in [3.05, 3.63) is 64.3 Å². The molecule has 2 heterocycles. The van der Waals surface area contributed by atoms with Crippen LogP contribution in [0, 0.1) is 6.92 Å². The predicted molar refractivity (Wildman–Crippen MR) is 110 cm³/mol. The second kappa shape index (κ2) is 7.70. The monoisotopic (exact) mass is 406 g/mol. The van der Waals surface area contributed by atoms with E-state index in [0.717, 1.165) is 4.68 Å². The van der Waals surface area contributed by atoms with Gasteiger partial charge in [0.1, 0.15) is 5.82 Å². The Balaban J connectivity index is 1.76. The average molecular weight is 406 g/mol. The lowest BCUT2D eigenvalue weighted by atomic mass is 10.2. The standard InChI is InChI=1S/C21H18N4O5/c1-12-23-15-10-18(29-3)17(28-2)9-14(15)20(26)25(12)22-11-16-21(27)30-19(24-16)13-7-5-4-6-8-13/h4-11,27H,1-3H3. The van der Waals surface area contributed by atoms with Crippen molar-refractivity contribution in [2.24, 2.45) is 5.10 Å². The van der Waals surface area contributed by atoms with Crippen LogP contribution in [-0.4, -0.2) is 40.2 Å². The first-order chi connectivity index (χ1) is 14.5. The third-order valence-electron chi connectivity index (χ3n) is 4.46. The third kappa shape index (κ3) is 3.37. The van der Waals surface area contributed by atoms with Crippen molar-refractivity contribution >= 4 is 17.1 Å². The first-order valence-corrected chi connectivity index (χ1v) is 8.96. The largest absolute Gasteiger partial charge is 0.493 e. The van der Waals surface area contributed by atoms with E-state index < -0.39 is 11.5 Å². The summed E-state index contributed by atoms with van der Waals surface area (Å²) in [6, 6.07) is 12.3. The quantitative estimate of drug-likeness (QED) is 0.507. The van der Waals surface area contributed by atoms with Gasteiger partial charge in [-0.05, 0) is 25.1 Å². The summed E-state index contributed by atoms with van der Waals surface area (Å²) in [4.78, 5) is 21.6. The molecular weight excluding hydrogens is 388 g/mol. The lowest BCUT2D eigenvalue weighted by Crippen LogP contribution is -2.20. The summed E-state index contributed by atoms with van der Waals surface area (Å²) in [5.41, 5.74) is 0.847. The van der Waals surface area contributed by atoms with Gasteiger partial charge in [-0.2, -0.15) is 9.78 Å². The second-order valence-electron chi connectivity index (χ2n) is 6.32. The van der Waals surface area contributed by atoms with Crippen LogP contribution in [0.5, 0.6) is 17.4 Å². The summed E-state index contributed by atoms with van der Waals surface area (Å²) in [6.07, 6.45) is 1.24. The molecule has 0 aliphatic rings. The van der Waals surface area contributed by atoms with Crippen molar-refractivity contribution in [1.29, 1.82) is 0 Å². The summed E-state index contributed by atoms with van der Waals surface area (Å²) >= 11 is 0. The van der Waals surface area contributed by atoms with Crippen LogP contribution in [0.3, 0.4) is 0 Å². The summed E-state index contributed by atoms with van der Waals surface area (Å²) < 4.78 is 16.9. The number of ether oxygens (including phenoxy) is 2. The van der Waals surface area contributed by atoms with Gasteiger partial charge in [0.15, 0.2) is 17.2 Å². The molecule has 152 valence electrons. The van der Waals surface area contributed by atoms with E-state index in [1.807, 2.05) is 18.2 Å². The highest BCUT2D eigenvalue weighted by Crippen LogP contribution is 2.30. The van der Waals surface area contributed by atoms with Crippen LogP contribution in [0.1, 0.15) is 11.5 Å². The van der Waals surface area contributed by atoms with E-state index in [9.17, 15) is 9.90 Å². The van der Waals surface area contributed by atoms with Crippen LogP contribution in [0.25, 0.3) is 22.4 Å². The third-order valence-corrected chi connectivity index (χ3v) is 4.46. The zero-order valence-electron chi connectivity index (χ0n) is 16.5. The van der Waals surface area contributed by atoms with E-state index >= 15 is 0 Å². The molecule has 9 heteroatoms. The molecular formula is C21H18N4O5. The van der Waals surface area contributed by atoms with Crippen LogP contribution in [0.15, 0.2) is 56.8 Å². The Hall–Kier alpha value is -4.14. The van der Waals surface area contributed by atoms with Gasteiger partial charge in [-0.3, -0.25) is 4.79 Å². The lowest BCUT2D eigenvalue weighted by Gasteiger charge is -2.10. The number of hydrogen-bond donors (Lipinski definition) is 1. The number of fused-ring (bicyclic) bond motifs is 1. The van der Waals surface area contributed by atoms with Gasteiger partial charge < -0.3 is 19.0 Å². The van der Waals surface area contributed by atoms with Gasteiger partial charge in [0.25, 0.3) is 5.56 Å². The number of methoxy groups -OCH3 is 2. The van der Waals surface area contributed by atoms with Crippen molar-refractivity contribution in [3.8, 4) is 28.9 Å². The SMILES string of the molecule is COc1cc2nc(C)n(N=Cc3nc(-c4ccccc4)oc3O)c(=O)c2cc1OC. The second-order valence-corrected chi connectivity index (χ2v) is 6.32. The molecule has 0 aliphatic carbocycles. The maximum Gasteiger partial charge on any atom is 0.312 e. The fraction of sp³-hybridized carbons (Fsp3) is 0.143. The molecule has 0 saturated carbocycles. The molecule has 4 rings (SSSR count). The van der Waals surface area contributed by atoms with Crippen LogP contribution in [0.2, 0.25) is 0 Å². The number of aromatic hydroxyl groups is 1. The van der Waals surface area contributed by atoms with Gasteiger partial charge in [0.05, 0.1) is 31.3 Å². The molecule has 0 saturated heterocycles. The van der Waals surface area contributed by atoms with E-state index in [1.165, 1.54) is 20.4 Å². The number of aryl methyl sites for hydroxylation is 1. The number of oxazole rings is 1. The van der Waals surface area contributed by atoms with Gasteiger partial charge in [0, 0.05) is 11.6 Å². The molecule has 30 heavy (non-hydrogen) atoms. The molecule has 0 aliphatic heterocycles. The zero-order chi connectivity index (χ0) is 21.3. The van der Waals surface area contributed by atoms with Crippen molar-refractivity contribution < 1.29 is 19.0 Å². The molecule has 2 aromatic heterocycles. The smallest absolute Gasteiger partial charge is 0.312 e. The van der Waals surface area contributed by atoms with E-state index in [4.69, 9.17) is 13.9 Å². The number of benzene rings is 2. The number of rotatable bonds is 5. The Labute approximate surface area is 170 Å². The molecule has 4 aromatic rings. The Morgan fingerprint density at radius 2 is 1.80 bits per heavy atom. The van der Waals surface area contributed by atoms with E-state index in [0.29, 0.717) is 33.8 Å². The number of hydrogen-bond acceptors (Lipinski definition) is 8. The van der Waals surface area contributed by atoms with Gasteiger partial charge in [0.2, 0.25) is 5.89 Å². The number of aromatic nitrogens is 3. The molecule has 9 nitrogen and oxygen atoms in total. The van der Waals surface area contributed by atoms with E-state index in [-0.39, 0.29) is 11.6 Å².